The van der Waals surface area contributed by atoms with Crippen LogP contribution in [0, 0.1) is 5.82 Å². The number of thiazole rings is 1. The molecule has 1 amide bonds. The van der Waals surface area contributed by atoms with Crippen molar-refractivity contribution in [1.82, 2.24) is 4.98 Å². The predicted molar refractivity (Wildman–Crippen MR) is 107 cm³/mol. The third-order valence-corrected chi connectivity index (χ3v) is 6.72. The van der Waals surface area contributed by atoms with E-state index in [2.05, 4.69) is 10.3 Å². The summed E-state index contributed by atoms with van der Waals surface area (Å²) in [6.07, 6.45) is 2.88. The van der Waals surface area contributed by atoms with Crippen LogP contribution >= 0.6 is 23.1 Å². The molecule has 0 aliphatic heterocycles. The van der Waals surface area contributed by atoms with Crippen LogP contribution in [-0.2, 0) is 10.2 Å². The molecule has 1 fully saturated rings. The highest BCUT2D eigenvalue weighted by atomic mass is 32.2. The summed E-state index contributed by atoms with van der Waals surface area (Å²) in [4.78, 5) is 18.0. The van der Waals surface area contributed by atoms with Gasteiger partial charge in [-0.25, -0.2) is 9.37 Å². The first-order chi connectivity index (χ1) is 13.5. The molecule has 1 aliphatic rings. The fourth-order valence-corrected chi connectivity index (χ4v) is 5.31. The smallest absolute Gasteiger partial charge is 0.288 e. The van der Waals surface area contributed by atoms with Crippen molar-refractivity contribution in [3.05, 3.63) is 53.8 Å². The van der Waals surface area contributed by atoms with Crippen LogP contribution in [0.5, 0.6) is 0 Å². The molecule has 28 heavy (non-hydrogen) atoms. The highest BCUT2D eigenvalue weighted by Crippen LogP contribution is 2.43. The molecule has 4 rings (SSSR count). The lowest BCUT2D eigenvalue weighted by Crippen LogP contribution is -2.38. The van der Waals surface area contributed by atoms with Crippen molar-refractivity contribution in [3.8, 4) is 0 Å². The number of rotatable bonds is 5. The van der Waals surface area contributed by atoms with Crippen LogP contribution in [0.4, 0.5) is 18.3 Å². The van der Waals surface area contributed by atoms with E-state index in [1.165, 1.54) is 17.4 Å². The Balaban J connectivity index is 1.62. The van der Waals surface area contributed by atoms with Crippen LogP contribution < -0.4 is 5.32 Å². The number of nitrogens with zero attached hydrogens (tertiary/aromatic N) is 1. The molecule has 1 heterocycles. The SMILES string of the molecule is O=C(Nc1nc2ccc(SC(F)F)cc2s1)C1(c2ccccc2F)CCCC1. The zero-order valence-corrected chi connectivity index (χ0v) is 16.4. The van der Waals surface area contributed by atoms with Crippen molar-refractivity contribution < 1.29 is 18.0 Å². The molecule has 0 spiro atoms. The lowest BCUT2D eigenvalue weighted by atomic mass is 9.77. The first-order valence-corrected chi connectivity index (χ1v) is 10.6. The van der Waals surface area contributed by atoms with Crippen LogP contribution in [0.25, 0.3) is 10.2 Å². The number of aromatic nitrogens is 1. The summed E-state index contributed by atoms with van der Waals surface area (Å²) in [5, 5.41) is 3.24. The third kappa shape index (κ3) is 3.63. The van der Waals surface area contributed by atoms with Crippen molar-refractivity contribution in [1.29, 1.82) is 0 Å². The maximum absolute atomic E-state index is 14.4. The molecule has 1 aromatic heterocycles. The minimum absolute atomic E-state index is 0.267. The number of carbonyl (C=O) groups excluding carboxylic acids is 1. The van der Waals surface area contributed by atoms with E-state index in [0.717, 1.165) is 12.8 Å². The monoisotopic (exact) mass is 422 g/mol. The molecule has 0 unspecified atom stereocenters. The molecule has 1 aliphatic carbocycles. The first-order valence-electron chi connectivity index (χ1n) is 8.90. The van der Waals surface area contributed by atoms with Crippen LogP contribution in [0.1, 0.15) is 31.2 Å². The van der Waals surface area contributed by atoms with E-state index in [9.17, 15) is 18.0 Å². The molecule has 0 atom stereocenters. The van der Waals surface area contributed by atoms with Gasteiger partial charge in [0.05, 0.1) is 15.6 Å². The Kier molecular flexibility index (Phi) is 5.33. The van der Waals surface area contributed by atoms with E-state index in [4.69, 9.17) is 0 Å². The average molecular weight is 422 g/mol. The average Bonchev–Trinajstić information content (AvgIpc) is 3.28. The number of halogens is 3. The van der Waals surface area contributed by atoms with Crippen molar-refractivity contribution in [2.75, 3.05) is 5.32 Å². The number of benzene rings is 2. The topological polar surface area (TPSA) is 42.0 Å². The molecule has 1 saturated carbocycles. The van der Waals surface area contributed by atoms with Gasteiger partial charge in [0, 0.05) is 10.5 Å². The largest absolute Gasteiger partial charge is 0.301 e. The van der Waals surface area contributed by atoms with E-state index in [1.807, 2.05) is 0 Å². The number of fused-ring (bicyclic) bond motifs is 1. The highest BCUT2D eigenvalue weighted by Gasteiger charge is 2.44. The number of nitrogens with one attached hydrogen (secondary N) is 1. The van der Waals surface area contributed by atoms with Crippen LogP contribution in [0.2, 0.25) is 0 Å². The third-order valence-electron chi connectivity index (χ3n) is 5.09. The number of hydrogen-bond acceptors (Lipinski definition) is 4. The summed E-state index contributed by atoms with van der Waals surface area (Å²) in [5.74, 6) is -3.14. The molecule has 0 bridgehead atoms. The maximum Gasteiger partial charge on any atom is 0.288 e. The van der Waals surface area contributed by atoms with Gasteiger partial charge in [0.2, 0.25) is 5.91 Å². The number of thioether (sulfide) groups is 1. The van der Waals surface area contributed by atoms with Gasteiger partial charge >= 0.3 is 0 Å². The van der Waals surface area contributed by atoms with Gasteiger partial charge in [-0.1, -0.05) is 54.1 Å². The molecular weight excluding hydrogens is 405 g/mol. The summed E-state index contributed by atoms with van der Waals surface area (Å²) in [5.41, 5.74) is 0.145. The minimum Gasteiger partial charge on any atom is -0.301 e. The number of hydrogen-bond donors (Lipinski definition) is 1. The minimum atomic E-state index is -2.49. The Bertz CT molecular complexity index is 1020. The van der Waals surface area contributed by atoms with Gasteiger partial charge < -0.3 is 5.32 Å². The zero-order valence-electron chi connectivity index (χ0n) is 14.8. The second kappa shape index (κ2) is 7.75. The first kappa shape index (κ1) is 19.3. The Morgan fingerprint density at radius 3 is 2.64 bits per heavy atom. The van der Waals surface area contributed by atoms with E-state index in [1.54, 1.807) is 36.4 Å². The summed E-state index contributed by atoms with van der Waals surface area (Å²) >= 11 is 1.70. The summed E-state index contributed by atoms with van der Waals surface area (Å²) in [7, 11) is 0. The summed E-state index contributed by atoms with van der Waals surface area (Å²) < 4.78 is 40.3. The lowest BCUT2D eigenvalue weighted by Gasteiger charge is -2.28. The van der Waals surface area contributed by atoms with Crippen molar-refractivity contribution in [2.45, 2.75) is 41.8 Å². The Morgan fingerprint density at radius 1 is 1.18 bits per heavy atom. The second-order valence-corrected chi connectivity index (χ2v) is 8.84. The molecule has 2 aromatic carbocycles. The Morgan fingerprint density at radius 2 is 1.93 bits per heavy atom. The normalized spacial score (nSPS) is 16.0. The number of amides is 1. The van der Waals surface area contributed by atoms with Gasteiger partial charge in [0.25, 0.3) is 5.76 Å². The molecule has 1 N–H and O–H groups in total. The lowest BCUT2D eigenvalue weighted by molar-refractivity contribution is -0.121. The van der Waals surface area contributed by atoms with Gasteiger partial charge in [-0.15, -0.1) is 0 Å². The standard InChI is InChI=1S/C20H17F3N2OS2/c21-14-6-2-1-5-13(14)20(9-3-4-10-20)17(26)25-19-24-15-8-7-12(27-18(22)23)11-16(15)28-19/h1-2,5-8,11,18H,3-4,9-10H2,(H,24,25,26). The van der Waals surface area contributed by atoms with Crippen molar-refractivity contribution in [3.63, 3.8) is 0 Å². The van der Waals surface area contributed by atoms with E-state index in [-0.39, 0.29) is 11.7 Å². The highest BCUT2D eigenvalue weighted by molar-refractivity contribution is 7.99. The van der Waals surface area contributed by atoms with Crippen LogP contribution in [-0.4, -0.2) is 16.6 Å². The Labute approximate surface area is 168 Å². The molecule has 0 radical (unpaired) electrons. The molecule has 8 heteroatoms. The van der Waals surface area contributed by atoms with Gasteiger partial charge in [-0.3, -0.25) is 4.79 Å². The van der Waals surface area contributed by atoms with Gasteiger partial charge in [0.15, 0.2) is 5.13 Å². The fourth-order valence-electron chi connectivity index (χ4n) is 3.80. The van der Waals surface area contributed by atoms with Gasteiger partial charge in [-0.05, 0) is 37.1 Å². The fraction of sp³-hybridized carbons (Fsp3) is 0.300. The number of anilines is 1. The van der Waals surface area contributed by atoms with Crippen LogP contribution in [0.3, 0.4) is 0 Å². The summed E-state index contributed by atoms with van der Waals surface area (Å²) in [6, 6.07) is 11.3. The van der Waals surface area contributed by atoms with Crippen LogP contribution in [0.15, 0.2) is 47.4 Å². The number of carbonyl (C=O) groups is 1. The van der Waals surface area contributed by atoms with E-state index in [0.29, 0.717) is 50.4 Å². The van der Waals surface area contributed by atoms with Crippen molar-refractivity contribution >= 4 is 44.4 Å². The molecule has 146 valence electrons. The Hall–Kier alpha value is -2.06. The van der Waals surface area contributed by atoms with Crippen molar-refractivity contribution in [2.24, 2.45) is 0 Å². The van der Waals surface area contributed by atoms with E-state index >= 15 is 0 Å². The zero-order chi connectivity index (χ0) is 19.7. The molecule has 3 nitrogen and oxygen atoms in total. The molecular formula is C20H17F3N2OS2. The second-order valence-electron chi connectivity index (χ2n) is 6.75. The predicted octanol–water partition coefficient (Wildman–Crippen LogP) is 6.20. The van der Waals surface area contributed by atoms with Gasteiger partial charge in [-0.2, -0.15) is 8.78 Å². The molecule has 0 saturated heterocycles. The molecule has 3 aromatic rings. The maximum atomic E-state index is 14.4. The van der Waals surface area contributed by atoms with Gasteiger partial charge in [0.1, 0.15) is 5.82 Å². The number of alkyl halides is 2. The quantitative estimate of drug-likeness (QED) is 0.498. The summed E-state index contributed by atoms with van der Waals surface area (Å²) in [6.45, 7) is 0. The van der Waals surface area contributed by atoms with E-state index < -0.39 is 11.2 Å².